The average Bonchev–Trinajstić information content (AvgIpc) is 2.76. The van der Waals surface area contributed by atoms with Crippen LogP contribution in [0.15, 0.2) is 28.8 Å². The fraction of sp³-hybridized carbons (Fsp3) is 0.286. The first-order chi connectivity index (χ1) is 9.74. The summed E-state index contributed by atoms with van der Waals surface area (Å²) < 4.78 is 9.92. The van der Waals surface area contributed by atoms with E-state index in [2.05, 4.69) is 10.5 Å². The fourth-order valence-electron chi connectivity index (χ4n) is 1.66. The number of carbonyl (C=O) groups excluding carboxylic acids is 1. The Morgan fingerprint density at radius 2 is 2.10 bits per heavy atom. The molecule has 21 heavy (non-hydrogen) atoms. The zero-order valence-electron chi connectivity index (χ0n) is 12.0. The summed E-state index contributed by atoms with van der Waals surface area (Å²) in [6.45, 7) is 5.31. The summed E-state index contributed by atoms with van der Waals surface area (Å²) in [7, 11) is 0. The molecule has 0 saturated carbocycles. The lowest BCUT2D eigenvalue weighted by atomic mass is 10.1. The zero-order valence-corrected chi connectivity index (χ0v) is 12.0. The van der Waals surface area contributed by atoms with E-state index in [1.165, 1.54) is 12.1 Å². The molecule has 0 bridgehead atoms. The number of ether oxygens (including phenoxy) is 1. The van der Waals surface area contributed by atoms with E-state index < -0.39 is 11.7 Å². The smallest absolute Gasteiger partial charge is 0.412 e. The van der Waals surface area contributed by atoms with Crippen LogP contribution in [0.3, 0.4) is 0 Å². The Morgan fingerprint density at radius 3 is 2.67 bits per heavy atom. The Bertz CT molecular complexity index is 658. The molecule has 1 aromatic carbocycles. The highest BCUT2D eigenvalue weighted by Gasteiger charge is 2.17. The van der Waals surface area contributed by atoms with Crippen LogP contribution >= 0.6 is 0 Å². The number of carbonyl (C=O) groups is 1. The highest BCUT2D eigenvalue weighted by atomic mass is 16.6. The van der Waals surface area contributed by atoms with Crippen molar-refractivity contribution in [2.24, 2.45) is 0 Å². The largest absolute Gasteiger partial charge is 0.507 e. The van der Waals surface area contributed by atoms with Crippen molar-refractivity contribution in [3.8, 4) is 17.0 Å². The first-order valence-corrected chi connectivity index (χ1v) is 6.30. The van der Waals surface area contributed by atoms with Crippen LogP contribution in [0.1, 0.15) is 20.8 Å². The molecule has 7 nitrogen and oxygen atoms in total. The van der Waals surface area contributed by atoms with Crippen LogP contribution in [-0.4, -0.2) is 22.0 Å². The minimum absolute atomic E-state index is 0.00182. The third-order valence-electron chi connectivity index (χ3n) is 2.45. The normalized spacial score (nSPS) is 11.2. The summed E-state index contributed by atoms with van der Waals surface area (Å²) in [5.74, 6) is 0.132. The van der Waals surface area contributed by atoms with E-state index in [-0.39, 0.29) is 11.6 Å². The molecule has 2 rings (SSSR count). The van der Waals surface area contributed by atoms with Crippen LogP contribution in [0, 0.1) is 0 Å². The third kappa shape index (κ3) is 3.88. The first-order valence-electron chi connectivity index (χ1n) is 6.30. The highest BCUT2D eigenvalue weighted by Crippen LogP contribution is 2.31. The lowest BCUT2D eigenvalue weighted by Gasteiger charge is -2.19. The number of rotatable bonds is 2. The number of nitrogens with two attached hydrogens (primary N) is 1. The molecule has 1 amide bonds. The Kier molecular flexibility index (Phi) is 3.75. The fourth-order valence-corrected chi connectivity index (χ4v) is 1.66. The minimum atomic E-state index is -0.593. The summed E-state index contributed by atoms with van der Waals surface area (Å²) >= 11 is 0. The molecule has 0 aliphatic carbocycles. The van der Waals surface area contributed by atoms with E-state index in [4.69, 9.17) is 15.0 Å². The molecule has 1 aromatic heterocycles. The van der Waals surface area contributed by atoms with Gasteiger partial charge in [0.05, 0.1) is 0 Å². The highest BCUT2D eigenvalue weighted by molar-refractivity contribution is 5.86. The van der Waals surface area contributed by atoms with Gasteiger partial charge in [0.1, 0.15) is 17.0 Å². The minimum Gasteiger partial charge on any atom is -0.507 e. The van der Waals surface area contributed by atoms with E-state index in [1.807, 2.05) is 0 Å². The van der Waals surface area contributed by atoms with Crippen molar-refractivity contribution in [2.45, 2.75) is 26.4 Å². The van der Waals surface area contributed by atoms with E-state index in [0.717, 1.165) is 0 Å². The quantitative estimate of drug-likeness (QED) is 0.733. The molecule has 0 aliphatic rings. The number of hydrogen-bond acceptors (Lipinski definition) is 6. The predicted octanol–water partition coefficient (Wildman–Crippen LogP) is 2.98. The molecule has 1 heterocycles. The summed E-state index contributed by atoms with van der Waals surface area (Å²) in [5, 5.41) is 16.2. The molecule has 4 N–H and O–H groups in total. The van der Waals surface area contributed by atoms with Crippen LogP contribution in [0.4, 0.5) is 16.4 Å². The van der Waals surface area contributed by atoms with Gasteiger partial charge < -0.3 is 20.1 Å². The van der Waals surface area contributed by atoms with Crippen LogP contribution in [0.2, 0.25) is 0 Å². The van der Waals surface area contributed by atoms with Gasteiger partial charge in [0, 0.05) is 17.3 Å². The third-order valence-corrected chi connectivity index (χ3v) is 2.45. The van der Waals surface area contributed by atoms with Crippen molar-refractivity contribution in [1.82, 2.24) is 5.16 Å². The van der Waals surface area contributed by atoms with Crippen LogP contribution < -0.4 is 11.1 Å². The van der Waals surface area contributed by atoms with Crippen molar-refractivity contribution >= 4 is 17.7 Å². The molecule has 112 valence electrons. The van der Waals surface area contributed by atoms with Crippen molar-refractivity contribution in [3.63, 3.8) is 0 Å². The summed E-state index contributed by atoms with van der Waals surface area (Å²) in [6, 6.07) is 6.02. The second-order valence-corrected chi connectivity index (χ2v) is 5.47. The van der Waals surface area contributed by atoms with Gasteiger partial charge in [-0.3, -0.25) is 5.32 Å². The van der Waals surface area contributed by atoms with Gasteiger partial charge in [-0.25, -0.2) is 4.79 Å². The van der Waals surface area contributed by atoms with Crippen molar-refractivity contribution in [3.05, 3.63) is 24.3 Å². The standard InChI is InChI=1S/C14H17N3O4/c1-14(2,3)20-13(19)16-8-4-5-11(18)9(6-8)10-7-12(15)21-17-10/h4-7,18H,15H2,1-3H3,(H,16,19). The van der Waals surface area contributed by atoms with E-state index in [0.29, 0.717) is 16.9 Å². The number of aromatic nitrogens is 1. The number of amides is 1. The van der Waals surface area contributed by atoms with E-state index in [1.54, 1.807) is 32.9 Å². The molecule has 0 unspecified atom stereocenters. The molecule has 0 spiro atoms. The van der Waals surface area contributed by atoms with Gasteiger partial charge in [0.2, 0.25) is 5.88 Å². The Hall–Kier alpha value is -2.70. The number of nitrogen functional groups attached to an aromatic ring is 1. The molecule has 0 saturated heterocycles. The van der Waals surface area contributed by atoms with Gasteiger partial charge in [-0.1, -0.05) is 5.16 Å². The Labute approximate surface area is 121 Å². The first kappa shape index (κ1) is 14.7. The van der Waals surface area contributed by atoms with Gasteiger partial charge in [-0.05, 0) is 39.0 Å². The van der Waals surface area contributed by atoms with Gasteiger partial charge in [0.15, 0.2) is 0 Å². The number of aromatic hydroxyl groups is 1. The zero-order chi connectivity index (χ0) is 15.6. The van der Waals surface area contributed by atoms with E-state index >= 15 is 0 Å². The second-order valence-electron chi connectivity index (χ2n) is 5.47. The number of phenols is 1. The summed E-state index contributed by atoms with van der Waals surface area (Å²) in [4.78, 5) is 11.7. The second kappa shape index (κ2) is 5.35. The van der Waals surface area contributed by atoms with Crippen LogP contribution in [0.5, 0.6) is 5.75 Å². The van der Waals surface area contributed by atoms with Crippen LogP contribution in [-0.2, 0) is 4.74 Å². The van der Waals surface area contributed by atoms with Gasteiger partial charge >= 0.3 is 6.09 Å². The summed E-state index contributed by atoms with van der Waals surface area (Å²) in [6.07, 6.45) is -0.584. The number of phenolic OH excluding ortho intramolecular Hbond substituents is 1. The van der Waals surface area contributed by atoms with Crippen molar-refractivity contribution in [2.75, 3.05) is 11.1 Å². The van der Waals surface area contributed by atoms with E-state index in [9.17, 15) is 9.90 Å². The lowest BCUT2D eigenvalue weighted by molar-refractivity contribution is 0.0636. The average molecular weight is 291 g/mol. The van der Waals surface area contributed by atoms with Gasteiger partial charge in [0.25, 0.3) is 0 Å². The molecule has 0 radical (unpaired) electrons. The molecule has 0 fully saturated rings. The molecular formula is C14H17N3O4. The van der Waals surface area contributed by atoms with Crippen molar-refractivity contribution < 1.29 is 19.2 Å². The van der Waals surface area contributed by atoms with Gasteiger partial charge in [-0.2, -0.15) is 0 Å². The number of benzene rings is 1. The predicted molar refractivity (Wildman–Crippen MR) is 77.9 cm³/mol. The SMILES string of the molecule is CC(C)(C)OC(=O)Nc1ccc(O)c(-c2cc(N)on2)c1. The molecular weight excluding hydrogens is 274 g/mol. The maximum atomic E-state index is 11.7. The Morgan fingerprint density at radius 1 is 1.38 bits per heavy atom. The number of hydrogen-bond donors (Lipinski definition) is 3. The molecule has 0 atom stereocenters. The molecule has 2 aromatic rings. The maximum absolute atomic E-state index is 11.7. The molecule has 7 heteroatoms. The molecule has 0 aliphatic heterocycles. The topological polar surface area (TPSA) is 111 Å². The number of anilines is 2. The summed E-state index contributed by atoms with van der Waals surface area (Å²) in [5.41, 5.74) is 6.08. The number of nitrogens with zero attached hydrogens (tertiary/aromatic N) is 1. The Balaban J connectivity index is 2.21. The van der Waals surface area contributed by atoms with Gasteiger partial charge in [-0.15, -0.1) is 0 Å². The number of nitrogens with one attached hydrogen (secondary N) is 1. The maximum Gasteiger partial charge on any atom is 0.412 e. The van der Waals surface area contributed by atoms with Crippen LogP contribution in [0.25, 0.3) is 11.3 Å². The lowest BCUT2D eigenvalue weighted by Crippen LogP contribution is -2.27. The van der Waals surface area contributed by atoms with Crippen molar-refractivity contribution in [1.29, 1.82) is 0 Å². The monoisotopic (exact) mass is 291 g/mol.